The lowest BCUT2D eigenvalue weighted by atomic mass is 10.2. The van der Waals surface area contributed by atoms with Crippen molar-refractivity contribution >= 4 is 15.9 Å². The highest BCUT2D eigenvalue weighted by molar-refractivity contribution is 9.10. The number of aromatic nitrogens is 2. The van der Waals surface area contributed by atoms with Crippen molar-refractivity contribution in [1.82, 2.24) is 9.97 Å². The zero-order valence-corrected chi connectivity index (χ0v) is 12.9. The Morgan fingerprint density at radius 1 is 1.28 bits per heavy atom. The topological polar surface area (TPSA) is 44.2 Å². The molecule has 0 aromatic carbocycles. The molecule has 0 aliphatic heterocycles. The van der Waals surface area contributed by atoms with E-state index in [4.69, 9.17) is 9.47 Å². The highest BCUT2D eigenvalue weighted by atomic mass is 79.9. The quantitative estimate of drug-likeness (QED) is 0.545. The minimum atomic E-state index is 0.516. The molecule has 102 valence electrons. The molecule has 1 aromatic heterocycles. The molecule has 4 nitrogen and oxygen atoms in total. The van der Waals surface area contributed by atoms with Gasteiger partial charge in [0.05, 0.1) is 6.61 Å². The van der Waals surface area contributed by atoms with Crippen molar-refractivity contribution in [3.05, 3.63) is 16.5 Å². The maximum absolute atomic E-state index is 5.55. The SMILES string of the molecule is CCCc1nc(Br)cc(OCCOCC(C)C)n1. The lowest BCUT2D eigenvalue weighted by molar-refractivity contribution is 0.0805. The van der Waals surface area contributed by atoms with Crippen LogP contribution in [0.5, 0.6) is 5.88 Å². The highest BCUT2D eigenvalue weighted by Crippen LogP contribution is 2.15. The smallest absolute Gasteiger partial charge is 0.217 e. The number of nitrogens with zero attached hydrogens (tertiary/aromatic N) is 2. The Balaban J connectivity index is 2.37. The summed E-state index contributed by atoms with van der Waals surface area (Å²) in [7, 11) is 0. The van der Waals surface area contributed by atoms with Gasteiger partial charge in [-0.1, -0.05) is 20.8 Å². The molecule has 0 unspecified atom stereocenters. The minimum absolute atomic E-state index is 0.516. The van der Waals surface area contributed by atoms with Gasteiger partial charge < -0.3 is 9.47 Å². The molecule has 0 radical (unpaired) electrons. The van der Waals surface area contributed by atoms with Crippen LogP contribution in [-0.2, 0) is 11.2 Å². The summed E-state index contributed by atoms with van der Waals surface area (Å²) in [5, 5.41) is 0. The molecule has 0 bridgehead atoms. The Hall–Kier alpha value is -0.680. The van der Waals surface area contributed by atoms with E-state index in [0.717, 1.165) is 29.9 Å². The first-order chi connectivity index (χ1) is 8.61. The Morgan fingerprint density at radius 3 is 2.72 bits per heavy atom. The number of hydrogen-bond donors (Lipinski definition) is 0. The molecule has 1 rings (SSSR count). The van der Waals surface area contributed by atoms with Crippen molar-refractivity contribution in [1.29, 1.82) is 0 Å². The highest BCUT2D eigenvalue weighted by Gasteiger charge is 2.03. The van der Waals surface area contributed by atoms with Crippen molar-refractivity contribution in [2.75, 3.05) is 19.8 Å². The second-order valence-electron chi connectivity index (χ2n) is 4.51. The predicted molar refractivity (Wildman–Crippen MR) is 74.9 cm³/mol. The van der Waals surface area contributed by atoms with Crippen molar-refractivity contribution in [3.8, 4) is 5.88 Å². The summed E-state index contributed by atoms with van der Waals surface area (Å²) in [4.78, 5) is 8.62. The van der Waals surface area contributed by atoms with E-state index in [1.807, 2.05) is 0 Å². The standard InChI is InChI=1S/C13H21BrN2O2/c1-4-5-12-15-11(14)8-13(16-12)18-7-6-17-9-10(2)3/h8,10H,4-7,9H2,1-3H3. The van der Waals surface area contributed by atoms with Crippen molar-refractivity contribution < 1.29 is 9.47 Å². The van der Waals surface area contributed by atoms with Crippen LogP contribution >= 0.6 is 15.9 Å². The van der Waals surface area contributed by atoms with E-state index in [1.165, 1.54) is 0 Å². The molecule has 0 N–H and O–H groups in total. The molecule has 0 saturated carbocycles. The average molecular weight is 317 g/mol. The summed E-state index contributed by atoms with van der Waals surface area (Å²) < 4.78 is 11.8. The first-order valence-corrected chi connectivity index (χ1v) is 7.15. The molecule has 1 heterocycles. The molecule has 0 atom stereocenters. The molecule has 1 aromatic rings. The molecule has 5 heteroatoms. The number of aryl methyl sites for hydroxylation is 1. The van der Waals surface area contributed by atoms with Crippen LogP contribution in [0.1, 0.15) is 33.0 Å². The van der Waals surface area contributed by atoms with Crippen molar-refractivity contribution in [2.45, 2.75) is 33.6 Å². The lowest BCUT2D eigenvalue weighted by Crippen LogP contribution is -2.11. The van der Waals surface area contributed by atoms with Gasteiger partial charge in [-0.25, -0.2) is 4.98 Å². The summed E-state index contributed by atoms with van der Waals surface area (Å²) in [6, 6.07) is 1.78. The van der Waals surface area contributed by atoms with Gasteiger partial charge in [0.1, 0.15) is 17.0 Å². The molecular weight excluding hydrogens is 296 g/mol. The van der Waals surface area contributed by atoms with Gasteiger partial charge in [-0.05, 0) is 28.3 Å². The van der Waals surface area contributed by atoms with Gasteiger partial charge in [0.15, 0.2) is 0 Å². The summed E-state index contributed by atoms with van der Waals surface area (Å²) in [6.07, 6.45) is 1.88. The molecule has 0 fully saturated rings. The maximum Gasteiger partial charge on any atom is 0.217 e. The zero-order chi connectivity index (χ0) is 13.4. The van der Waals surface area contributed by atoms with E-state index in [-0.39, 0.29) is 0 Å². The largest absolute Gasteiger partial charge is 0.475 e. The van der Waals surface area contributed by atoms with Crippen LogP contribution in [-0.4, -0.2) is 29.8 Å². The fraction of sp³-hybridized carbons (Fsp3) is 0.692. The van der Waals surface area contributed by atoms with Gasteiger partial charge in [0, 0.05) is 19.1 Å². The third-order valence-electron chi connectivity index (χ3n) is 2.12. The molecular formula is C13H21BrN2O2. The number of hydrogen-bond acceptors (Lipinski definition) is 4. The number of ether oxygens (including phenoxy) is 2. The molecule has 0 aliphatic carbocycles. The summed E-state index contributed by atoms with van der Waals surface area (Å²) in [5.74, 6) is 1.97. The van der Waals surface area contributed by atoms with E-state index in [9.17, 15) is 0 Å². The zero-order valence-electron chi connectivity index (χ0n) is 11.3. The minimum Gasteiger partial charge on any atom is -0.475 e. The third kappa shape index (κ3) is 6.31. The third-order valence-corrected chi connectivity index (χ3v) is 2.53. The van der Waals surface area contributed by atoms with Gasteiger partial charge in [-0.2, -0.15) is 4.98 Å². The van der Waals surface area contributed by atoms with Crippen molar-refractivity contribution in [2.24, 2.45) is 5.92 Å². The van der Waals surface area contributed by atoms with E-state index in [1.54, 1.807) is 6.07 Å². The monoisotopic (exact) mass is 316 g/mol. The van der Waals surface area contributed by atoms with Gasteiger partial charge in [-0.3, -0.25) is 0 Å². The summed E-state index contributed by atoms with van der Waals surface area (Å²) >= 11 is 3.36. The fourth-order valence-corrected chi connectivity index (χ4v) is 1.78. The van der Waals surface area contributed by atoms with E-state index >= 15 is 0 Å². The molecule has 0 amide bonds. The van der Waals surface area contributed by atoms with Crippen molar-refractivity contribution in [3.63, 3.8) is 0 Å². The van der Waals surface area contributed by atoms with Gasteiger partial charge >= 0.3 is 0 Å². The molecule has 0 spiro atoms. The van der Waals surface area contributed by atoms with Crippen LogP contribution < -0.4 is 4.74 Å². The lowest BCUT2D eigenvalue weighted by Gasteiger charge is -2.09. The second kappa shape index (κ2) is 8.43. The van der Waals surface area contributed by atoms with Crippen LogP contribution in [0, 0.1) is 5.92 Å². The first kappa shape index (κ1) is 15.4. The Bertz CT molecular complexity index is 359. The van der Waals surface area contributed by atoms with Gasteiger partial charge in [0.25, 0.3) is 0 Å². The normalized spacial score (nSPS) is 10.9. The summed E-state index contributed by atoms with van der Waals surface area (Å²) in [6.45, 7) is 8.21. The van der Waals surface area contributed by atoms with Gasteiger partial charge in [-0.15, -0.1) is 0 Å². The van der Waals surface area contributed by atoms with Crippen LogP contribution in [0.4, 0.5) is 0 Å². The van der Waals surface area contributed by atoms with Crippen LogP contribution in [0.25, 0.3) is 0 Å². The second-order valence-corrected chi connectivity index (χ2v) is 5.32. The van der Waals surface area contributed by atoms with Crippen LogP contribution in [0.2, 0.25) is 0 Å². The Labute approximate surface area is 117 Å². The average Bonchev–Trinajstić information content (AvgIpc) is 2.28. The number of rotatable bonds is 8. The van der Waals surface area contributed by atoms with E-state index < -0.39 is 0 Å². The maximum atomic E-state index is 5.55. The van der Waals surface area contributed by atoms with Crippen LogP contribution in [0.15, 0.2) is 10.7 Å². The Kier molecular flexibility index (Phi) is 7.20. The van der Waals surface area contributed by atoms with Gasteiger partial charge in [0.2, 0.25) is 5.88 Å². The number of halogens is 1. The molecule has 18 heavy (non-hydrogen) atoms. The van der Waals surface area contributed by atoms with E-state index in [2.05, 4.69) is 46.7 Å². The first-order valence-electron chi connectivity index (χ1n) is 6.35. The summed E-state index contributed by atoms with van der Waals surface area (Å²) in [5.41, 5.74) is 0. The van der Waals surface area contributed by atoms with Crippen LogP contribution in [0.3, 0.4) is 0 Å². The predicted octanol–water partition coefficient (Wildman–Crippen LogP) is 3.24. The Morgan fingerprint density at radius 2 is 2.06 bits per heavy atom. The molecule has 0 saturated heterocycles. The molecule has 0 aliphatic rings. The van der Waals surface area contributed by atoms with E-state index in [0.29, 0.717) is 25.0 Å². The fourth-order valence-electron chi connectivity index (χ4n) is 1.38.